The molecular formula is C14H19N3O. The average molecular weight is 245 g/mol. The highest BCUT2D eigenvalue weighted by Gasteiger charge is 2.22. The summed E-state index contributed by atoms with van der Waals surface area (Å²) in [5.74, 6) is 0. The molecule has 4 heteroatoms. The van der Waals surface area contributed by atoms with Crippen LogP contribution in [0.25, 0.3) is 5.69 Å². The molecule has 1 aromatic heterocycles. The summed E-state index contributed by atoms with van der Waals surface area (Å²) in [6.45, 7) is 4.30. The number of nitrogens with zero attached hydrogens (tertiary/aromatic N) is 2. The fraction of sp³-hybridized carbons (Fsp3) is 0.357. The van der Waals surface area contributed by atoms with Crippen LogP contribution in [0.2, 0.25) is 0 Å². The van der Waals surface area contributed by atoms with Gasteiger partial charge in [0.15, 0.2) is 0 Å². The first-order valence-electron chi connectivity index (χ1n) is 6.00. The minimum Gasteiger partial charge on any atom is -0.392 e. The SMILES string of the molecule is CNC(C)(C)c1cncn1-c1ccc(CO)cc1. The largest absolute Gasteiger partial charge is 0.392 e. The number of hydrogen-bond acceptors (Lipinski definition) is 3. The minimum absolute atomic E-state index is 0.0685. The van der Waals surface area contributed by atoms with Crippen LogP contribution in [0, 0.1) is 0 Å². The first-order valence-corrected chi connectivity index (χ1v) is 6.00. The third-order valence-corrected chi connectivity index (χ3v) is 3.30. The van der Waals surface area contributed by atoms with Gasteiger partial charge in [-0.25, -0.2) is 4.98 Å². The Bertz CT molecular complexity index is 514. The van der Waals surface area contributed by atoms with Crippen LogP contribution in [0.5, 0.6) is 0 Å². The van der Waals surface area contributed by atoms with Gasteiger partial charge < -0.3 is 15.0 Å². The Labute approximate surface area is 107 Å². The lowest BCUT2D eigenvalue weighted by atomic mass is 10.0. The molecule has 1 heterocycles. The van der Waals surface area contributed by atoms with Crippen LogP contribution in [-0.2, 0) is 12.1 Å². The summed E-state index contributed by atoms with van der Waals surface area (Å²) in [5.41, 5.74) is 2.91. The van der Waals surface area contributed by atoms with Gasteiger partial charge in [0.1, 0.15) is 0 Å². The summed E-state index contributed by atoms with van der Waals surface area (Å²) in [4.78, 5) is 4.23. The van der Waals surface area contributed by atoms with Crippen molar-refractivity contribution in [2.45, 2.75) is 26.0 Å². The van der Waals surface area contributed by atoms with E-state index in [4.69, 9.17) is 5.11 Å². The maximum absolute atomic E-state index is 9.05. The van der Waals surface area contributed by atoms with E-state index in [1.807, 2.05) is 43.8 Å². The van der Waals surface area contributed by atoms with Crippen molar-refractivity contribution >= 4 is 0 Å². The lowest BCUT2D eigenvalue weighted by molar-refractivity contribution is 0.282. The standard InChI is InChI=1S/C14H19N3O/c1-14(2,15-3)13-8-16-10-17(13)12-6-4-11(9-18)5-7-12/h4-8,10,15,18H,9H2,1-3H3. The molecule has 4 nitrogen and oxygen atoms in total. The second kappa shape index (κ2) is 4.92. The Balaban J connectivity index is 2.42. The first kappa shape index (κ1) is 12.8. The normalized spacial score (nSPS) is 11.8. The van der Waals surface area contributed by atoms with Gasteiger partial charge in [0, 0.05) is 5.69 Å². The lowest BCUT2D eigenvalue weighted by Gasteiger charge is -2.25. The number of hydrogen-bond donors (Lipinski definition) is 2. The van der Waals surface area contributed by atoms with E-state index < -0.39 is 0 Å². The first-order chi connectivity index (χ1) is 8.58. The summed E-state index contributed by atoms with van der Waals surface area (Å²) >= 11 is 0. The Morgan fingerprint density at radius 2 is 1.94 bits per heavy atom. The van der Waals surface area contributed by atoms with Gasteiger partial charge in [0.05, 0.1) is 30.4 Å². The van der Waals surface area contributed by atoms with Gasteiger partial charge in [-0.15, -0.1) is 0 Å². The minimum atomic E-state index is -0.147. The smallest absolute Gasteiger partial charge is 0.0994 e. The zero-order valence-corrected chi connectivity index (χ0v) is 11.0. The zero-order valence-electron chi connectivity index (χ0n) is 11.0. The highest BCUT2D eigenvalue weighted by molar-refractivity contribution is 5.37. The number of rotatable bonds is 4. The van der Waals surface area contributed by atoms with Crippen LogP contribution in [-0.4, -0.2) is 21.7 Å². The van der Waals surface area contributed by atoms with Crippen LogP contribution in [0.1, 0.15) is 25.1 Å². The third kappa shape index (κ3) is 2.30. The van der Waals surface area contributed by atoms with Crippen molar-refractivity contribution in [1.29, 1.82) is 0 Å². The van der Waals surface area contributed by atoms with Gasteiger partial charge in [-0.2, -0.15) is 0 Å². The van der Waals surface area contributed by atoms with Crippen molar-refractivity contribution in [2.24, 2.45) is 0 Å². The lowest BCUT2D eigenvalue weighted by Crippen LogP contribution is -2.35. The van der Waals surface area contributed by atoms with E-state index in [1.165, 1.54) is 0 Å². The quantitative estimate of drug-likeness (QED) is 0.864. The Kier molecular flexibility index (Phi) is 3.50. The van der Waals surface area contributed by atoms with Crippen molar-refractivity contribution in [1.82, 2.24) is 14.9 Å². The van der Waals surface area contributed by atoms with E-state index in [0.717, 1.165) is 16.9 Å². The van der Waals surface area contributed by atoms with Crippen molar-refractivity contribution < 1.29 is 5.11 Å². The molecule has 0 aliphatic rings. The van der Waals surface area contributed by atoms with E-state index in [1.54, 1.807) is 0 Å². The molecule has 0 saturated heterocycles. The molecule has 18 heavy (non-hydrogen) atoms. The highest BCUT2D eigenvalue weighted by Crippen LogP contribution is 2.22. The number of benzene rings is 1. The average Bonchev–Trinajstić information content (AvgIpc) is 2.89. The van der Waals surface area contributed by atoms with Crippen molar-refractivity contribution in [3.8, 4) is 5.69 Å². The third-order valence-electron chi connectivity index (χ3n) is 3.30. The molecule has 1 aromatic carbocycles. The van der Waals surface area contributed by atoms with Crippen LogP contribution >= 0.6 is 0 Å². The molecule has 0 bridgehead atoms. The number of nitrogens with one attached hydrogen (secondary N) is 1. The molecule has 0 radical (unpaired) electrons. The predicted octanol–water partition coefficient (Wildman–Crippen LogP) is 1.82. The van der Waals surface area contributed by atoms with Crippen LogP contribution in [0.4, 0.5) is 0 Å². The van der Waals surface area contributed by atoms with Crippen LogP contribution in [0.3, 0.4) is 0 Å². The maximum atomic E-state index is 9.05. The molecule has 2 aromatic rings. The molecule has 0 spiro atoms. The molecule has 0 aliphatic carbocycles. The van der Waals surface area contributed by atoms with Crippen molar-refractivity contribution in [3.05, 3.63) is 48.0 Å². The number of imidazole rings is 1. The fourth-order valence-corrected chi connectivity index (χ4v) is 1.85. The number of aromatic nitrogens is 2. The summed E-state index contributed by atoms with van der Waals surface area (Å²) < 4.78 is 2.05. The van der Waals surface area contributed by atoms with Crippen molar-refractivity contribution in [3.63, 3.8) is 0 Å². The van der Waals surface area contributed by atoms with E-state index >= 15 is 0 Å². The van der Waals surface area contributed by atoms with Crippen molar-refractivity contribution in [2.75, 3.05) is 7.05 Å². The molecule has 0 aliphatic heterocycles. The molecule has 0 unspecified atom stereocenters. The summed E-state index contributed by atoms with van der Waals surface area (Å²) in [5, 5.41) is 12.3. The van der Waals surface area contributed by atoms with E-state index in [-0.39, 0.29) is 12.1 Å². The van der Waals surface area contributed by atoms with E-state index in [2.05, 4.69) is 28.7 Å². The van der Waals surface area contributed by atoms with Gasteiger partial charge >= 0.3 is 0 Å². The topological polar surface area (TPSA) is 50.1 Å². The second-order valence-electron chi connectivity index (χ2n) is 4.85. The summed E-state index contributed by atoms with van der Waals surface area (Å²) in [6, 6.07) is 7.82. The highest BCUT2D eigenvalue weighted by atomic mass is 16.3. The summed E-state index contributed by atoms with van der Waals surface area (Å²) in [7, 11) is 1.94. The Hall–Kier alpha value is -1.65. The summed E-state index contributed by atoms with van der Waals surface area (Å²) in [6.07, 6.45) is 3.68. The number of aliphatic hydroxyl groups is 1. The molecule has 0 atom stereocenters. The Morgan fingerprint density at radius 1 is 1.28 bits per heavy atom. The molecule has 0 saturated carbocycles. The van der Waals surface area contributed by atoms with Gasteiger partial charge in [-0.3, -0.25) is 0 Å². The molecule has 96 valence electrons. The second-order valence-corrected chi connectivity index (χ2v) is 4.85. The van der Waals surface area contributed by atoms with Gasteiger partial charge in [-0.05, 0) is 38.6 Å². The fourth-order valence-electron chi connectivity index (χ4n) is 1.85. The monoisotopic (exact) mass is 245 g/mol. The molecule has 2 N–H and O–H groups in total. The molecule has 0 amide bonds. The van der Waals surface area contributed by atoms with Crippen LogP contribution < -0.4 is 5.32 Å². The molecular weight excluding hydrogens is 226 g/mol. The van der Waals surface area contributed by atoms with Gasteiger partial charge in [0.25, 0.3) is 0 Å². The predicted molar refractivity (Wildman–Crippen MR) is 71.6 cm³/mol. The van der Waals surface area contributed by atoms with Crippen LogP contribution in [0.15, 0.2) is 36.8 Å². The maximum Gasteiger partial charge on any atom is 0.0994 e. The molecule has 2 rings (SSSR count). The van der Waals surface area contributed by atoms with E-state index in [9.17, 15) is 0 Å². The molecule has 0 fully saturated rings. The Morgan fingerprint density at radius 3 is 2.50 bits per heavy atom. The van der Waals surface area contributed by atoms with Gasteiger partial charge in [0.2, 0.25) is 0 Å². The number of aliphatic hydroxyl groups excluding tert-OH is 1. The zero-order chi connectivity index (χ0) is 13.2. The van der Waals surface area contributed by atoms with Gasteiger partial charge in [-0.1, -0.05) is 12.1 Å². The van der Waals surface area contributed by atoms with E-state index in [0.29, 0.717) is 0 Å².